The smallest absolute Gasteiger partial charge is 0.128 e. The summed E-state index contributed by atoms with van der Waals surface area (Å²) in [5.74, 6) is -0.224. The quantitative estimate of drug-likeness (QED) is 0.840. The predicted molar refractivity (Wildman–Crippen MR) is 58.8 cm³/mol. The maximum Gasteiger partial charge on any atom is 0.128 e. The van der Waals surface area contributed by atoms with E-state index < -0.39 is 5.54 Å². The molecular weight excluding hydrogens is 209 g/mol. The Kier molecular flexibility index (Phi) is 3.53. The predicted octanol–water partition coefficient (Wildman–Crippen LogP) is 1.29. The first kappa shape index (κ1) is 11.5. The molecule has 1 aliphatic rings. The largest absolute Gasteiger partial charge is 0.382 e. The molecule has 0 spiro atoms. The van der Waals surface area contributed by atoms with Gasteiger partial charge < -0.3 is 14.8 Å². The van der Waals surface area contributed by atoms with Crippen LogP contribution in [0.3, 0.4) is 0 Å². The van der Waals surface area contributed by atoms with Gasteiger partial charge in [-0.05, 0) is 6.07 Å². The molecule has 16 heavy (non-hydrogen) atoms. The molecule has 0 aromatic heterocycles. The van der Waals surface area contributed by atoms with E-state index in [0.717, 1.165) is 0 Å². The van der Waals surface area contributed by atoms with E-state index in [1.54, 1.807) is 19.2 Å². The second-order valence-electron chi connectivity index (χ2n) is 3.97. The zero-order chi connectivity index (χ0) is 11.4. The van der Waals surface area contributed by atoms with Gasteiger partial charge in [0.1, 0.15) is 5.82 Å². The van der Waals surface area contributed by atoms with Crippen LogP contribution in [0.2, 0.25) is 0 Å². The molecular formula is C12H16FNO2. The van der Waals surface area contributed by atoms with Gasteiger partial charge in [0.05, 0.1) is 25.4 Å². The molecule has 1 aliphatic heterocycles. The highest BCUT2D eigenvalue weighted by Crippen LogP contribution is 2.26. The van der Waals surface area contributed by atoms with Crippen LogP contribution in [0.4, 0.5) is 4.39 Å². The number of hydrogen-bond acceptors (Lipinski definition) is 3. The van der Waals surface area contributed by atoms with Crippen LogP contribution in [-0.4, -0.2) is 33.5 Å². The molecule has 0 saturated carbocycles. The molecule has 1 atom stereocenters. The Morgan fingerprint density at radius 2 is 2.31 bits per heavy atom. The molecule has 0 aliphatic carbocycles. The third kappa shape index (κ3) is 2.09. The highest BCUT2D eigenvalue weighted by Gasteiger charge is 2.36. The van der Waals surface area contributed by atoms with Gasteiger partial charge in [0.2, 0.25) is 0 Å². The topological polar surface area (TPSA) is 30.5 Å². The molecule has 0 bridgehead atoms. The zero-order valence-electron chi connectivity index (χ0n) is 9.33. The van der Waals surface area contributed by atoms with Crippen LogP contribution < -0.4 is 5.32 Å². The van der Waals surface area contributed by atoms with Crippen LogP contribution in [0.5, 0.6) is 0 Å². The lowest BCUT2D eigenvalue weighted by atomic mass is 9.90. The van der Waals surface area contributed by atoms with Gasteiger partial charge in [0.15, 0.2) is 0 Å². The molecule has 1 aromatic rings. The Hall–Kier alpha value is -0.970. The van der Waals surface area contributed by atoms with E-state index in [9.17, 15) is 4.39 Å². The standard InChI is InChI=1S/C12H16FNO2/c1-15-8-12(9-16-7-6-14-12)10-4-2-3-5-11(10)13/h2-5,14H,6-9H2,1H3. The normalized spacial score (nSPS) is 25.6. The van der Waals surface area contributed by atoms with Gasteiger partial charge in [-0.3, -0.25) is 0 Å². The lowest BCUT2D eigenvalue weighted by Gasteiger charge is -2.38. The van der Waals surface area contributed by atoms with E-state index in [4.69, 9.17) is 9.47 Å². The third-order valence-corrected chi connectivity index (χ3v) is 2.84. The lowest BCUT2D eigenvalue weighted by molar-refractivity contribution is -0.0162. The van der Waals surface area contributed by atoms with Crippen molar-refractivity contribution < 1.29 is 13.9 Å². The van der Waals surface area contributed by atoms with Gasteiger partial charge in [-0.25, -0.2) is 4.39 Å². The summed E-state index contributed by atoms with van der Waals surface area (Å²) < 4.78 is 24.4. The number of hydrogen-bond donors (Lipinski definition) is 1. The molecule has 3 nitrogen and oxygen atoms in total. The van der Waals surface area contributed by atoms with Crippen molar-refractivity contribution in [3.63, 3.8) is 0 Å². The van der Waals surface area contributed by atoms with Gasteiger partial charge in [0, 0.05) is 19.2 Å². The SMILES string of the molecule is COCC1(c2ccccc2F)COCCN1. The van der Waals surface area contributed by atoms with Gasteiger partial charge in [0.25, 0.3) is 0 Å². The fourth-order valence-corrected chi connectivity index (χ4v) is 2.10. The molecule has 4 heteroatoms. The Morgan fingerprint density at radius 1 is 1.50 bits per heavy atom. The molecule has 1 N–H and O–H groups in total. The molecule has 1 aromatic carbocycles. The first-order valence-electron chi connectivity index (χ1n) is 5.35. The molecule has 1 saturated heterocycles. The minimum absolute atomic E-state index is 0.224. The number of morpholine rings is 1. The van der Waals surface area contributed by atoms with E-state index in [-0.39, 0.29) is 5.82 Å². The summed E-state index contributed by atoms with van der Waals surface area (Å²) in [4.78, 5) is 0. The minimum Gasteiger partial charge on any atom is -0.382 e. The monoisotopic (exact) mass is 225 g/mol. The van der Waals surface area contributed by atoms with Crippen molar-refractivity contribution in [3.05, 3.63) is 35.6 Å². The highest BCUT2D eigenvalue weighted by atomic mass is 19.1. The van der Waals surface area contributed by atoms with Crippen LogP contribution in [0.15, 0.2) is 24.3 Å². The summed E-state index contributed by atoms with van der Waals surface area (Å²) in [6.07, 6.45) is 0. The van der Waals surface area contributed by atoms with Crippen molar-refractivity contribution >= 4 is 0 Å². The first-order chi connectivity index (χ1) is 7.78. The first-order valence-corrected chi connectivity index (χ1v) is 5.35. The summed E-state index contributed by atoms with van der Waals surface area (Å²) >= 11 is 0. The molecule has 0 radical (unpaired) electrons. The number of ether oxygens (including phenoxy) is 2. The van der Waals surface area contributed by atoms with E-state index >= 15 is 0 Å². The number of methoxy groups -OCH3 is 1. The summed E-state index contributed by atoms with van der Waals surface area (Å²) in [5, 5.41) is 3.30. The minimum atomic E-state index is -0.557. The molecule has 1 unspecified atom stereocenters. The molecule has 88 valence electrons. The van der Waals surface area contributed by atoms with Crippen LogP contribution in [0.1, 0.15) is 5.56 Å². The average Bonchev–Trinajstić information content (AvgIpc) is 2.31. The summed E-state index contributed by atoms with van der Waals surface area (Å²) in [5.41, 5.74) is 0.0507. The zero-order valence-corrected chi connectivity index (χ0v) is 9.33. The lowest BCUT2D eigenvalue weighted by Crippen LogP contribution is -2.55. The third-order valence-electron chi connectivity index (χ3n) is 2.84. The summed E-state index contributed by atoms with van der Waals surface area (Å²) in [7, 11) is 1.61. The van der Waals surface area contributed by atoms with Crippen LogP contribution >= 0.6 is 0 Å². The van der Waals surface area contributed by atoms with E-state index in [1.165, 1.54) is 6.07 Å². The Labute approximate surface area is 94.6 Å². The number of nitrogens with one attached hydrogen (secondary N) is 1. The van der Waals surface area contributed by atoms with Crippen molar-refractivity contribution in [1.82, 2.24) is 5.32 Å². The van der Waals surface area contributed by atoms with E-state index in [0.29, 0.717) is 31.9 Å². The highest BCUT2D eigenvalue weighted by molar-refractivity contribution is 5.27. The van der Waals surface area contributed by atoms with Gasteiger partial charge in [-0.1, -0.05) is 18.2 Å². The Bertz CT molecular complexity index is 345. The maximum absolute atomic E-state index is 13.8. The van der Waals surface area contributed by atoms with Gasteiger partial charge in [-0.15, -0.1) is 0 Å². The van der Waals surface area contributed by atoms with Gasteiger partial charge >= 0.3 is 0 Å². The number of benzene rings is 1. The van der Waals surface area contributed by atoms with Crippen LogP contribution in [0.25, 0.3) is 0 Å². The second-order valence-corrected chi connectivity index (χ2v) is 3.97. The molecule has 1 fully saturated rings. The number of rotatable bonds is 3. The second kappa shape index (κ2) is 4.91. The Balaban J connectivity index is 2.34. The maximum atomic E-state index is 13.8. The molecule has 2 rings (SSSR count). The number of halogens is 1. The summed E-state index contributed by atoms with van der Waals surface area (Å²) in [6.45, 7) is 2.19. The van der Waals surface area contributed by atoms with E-state index in [1.807, 2.05) is 6.07 Å². The van der Waals surface area contributed by atoms with Crippen LogP contribution in [0, 0.1) is 5.82 Å². The van der Waals surface area contributed by atoms with Crippen molar-refractivity contribution in [2.24, 2.45) is 0 Å². The fraction of sp³-hybridized carbons (Fsp3) is 0.500. The van der Waals surface area contributed by atoms with E-state index in [2.05, 4.69) is 5.32 Å². The van der Waals surface area contributed by atoms with Crippen LogP contribution in [-0.2, 0) is 15.0 Å². The van der Waals surface area contributed by atoms with Crippen molar-refractivity contribution in [2.45, 2.75) is 5.54 Å². The summed E-state index contributed by atoms with van der Waals surface area (Å²) in [6, 6.07) is 6.74. The van der Waals surface area contributed by atoms with Crippen molar-refractivity contribution in [3.8, 4) is 0 Å². The van der Waals surface area contributed by atoms with Gasteiger partial charge in [-0.2, -0.15) is 0 Å². The van der Waals surface area contributed by atoms with Crippen molar-refractivity contribution in [2.75, 3.05) is 33.5 Å². The average molecular weight is 225 g/mol. The molecule has 1 heterocycles. The Morgan fingerprint density at radius 3 is 2.94 bits per heavy atom. The fourth-order valence-electron chi connectivity index (χ4n) is 2.10. The molecule has 0 amide bonds. The van der Waals surface area contributed by atoms with Crippen molar-refractivity contribution in [1.29, 1.82) is 0 Å².